The lowest BCUT2D eigenvalue weighted by molar-refractivity contribution is -0.118. The first kappa shape index (κ1) is 16.0. The molecule has 2 saturated heterocycles. The number of nitrogens with zero attached hydrogens (tertiary/aromatic N) is 2. The van der Waals surface area contributed by atoms with Gasteiger partial charge in [0.1, 0.15) is 0 Å². The molecular weight excluding hydrogens is 290 g/mol. The predicted octanol–water partition coefficient (Wildman–Crippen LogP) is 2.63. The van der Waals surface area contributed by atoms with E-state index in [2.05, 4.69) is 17.1 Å². The SMILES string of the molecule is C[C@@H]1CCCCN1CC(=O)Nc1ccc(N2CCCC2=O)cc1. The molecule has 2 heterocycles. The van der Waals surface area contributed by atoms with Crippen molar-refractivity contribution in [1.82, 2.24) is 4.90 Å². The maximum absolute atomic E-state index is 12.2. The Balaban J connectivity index is 1.55. The first-order valence-corrected chi connectivity index (χ1v) is 8.58. The number of anilines is 2. The van der Waals surface area contributed by atoms with Gasteiger partial charge in [-0.2, -0.15) is 0 Å². The summed E-state index contributed by atoms with van der Waals surface area (Å²) in [6.07, 6.45) is 5.16. The van der Waals surface area contributed by atoms with Crippen LogP contribution >= 0.6 is 0 Å². The molecule has 0 radical (unpaired) electrons. The Morgan fingerprint density at radius 1 is 1.17 bits per heavy atom. The van der Waals surface area contributed by atoms with Crippen LogP contribution in [0.3, 0.4) is 0 Å². The van der Waals surface area contributed by atoms with E-state index in [0.717, 1.165) is 30.9 Å². The van der Waals surface area contributed by atoms with Crippen LogP contribution in [0.25, 0.3) is 0 Å². The molecule has 1 atom stereocenters. The highest BCUT2D eigenvalue weighted by Gasteiger charge is 2.22. The van der Waals surface area contributed by atoms with E-state index in [1.807, 2.05) is 24.3 Å². The summed E-state index contributed by atoms with van der Waals surface area (Å²) < 4.78 is 0. The van der Waals surface area contributed by atoms with Crippen molar-refractivity contribution < 1.29 is 9.59 Å². The van der Waals surface area contributed by atoms with Crippen molar-refractivity contribution in [3.63, 3.8) is 0 Å². The monoisotopic (exact) mass is 315 g/mol. The van der Waals surface area contributed by atoms with Crippen molar-refractivity contribution >= 4 is 23.2 Å². The highest BCUT2D eigenvalue weighted by Crippen LogP contribution is 2.23. The van der Waals surface area contributed by atoms with Crippen molar-refractivity contribution in [3.8, 4) is 0 Å². The zero-order chi connectivity index (χ0) is 16.2. The summed E-state index contributed by atoms with van der Waals surface area (Å²) in [5.41, 5.74) is 1.70. The Hall–Kier alpha value is -1.88. The number of nitrogens with one attached hydrogen (secondary N) is 1. The van der Waals surface area contributed by atoms with E-state index < -0.39 is 0 Å². The second kappa shape index (κ2) is 7.13. The van der Waals surface area contributed by atoms with Gasteiger partial charge in [-0.3, -0.25) is 14.5 Å². The van der Waals surface area contributed by atoms with Crippen LogP contribution in [0.15, 0.2) is 24.3 Å². The van der Waals surface area contributed by atoms with E-state index in [-0.39, 0.29) is 11.8 Å². The van der Waals surface area contributed by atoms with Gasteiger partial charge in [0.05, 0.1) is 6.54 Å². The Kier molecular flexibility index (Phi) is 4.96. The maximum Gasteiger partial charge on any atom is 0.238 e. The van der Waals surface area contributed by atoms with Crippen LogP contribution < -0.4 is 10.2 Å². The lowest BCUT2D eigenvalue weighted by Gasteiger charge is -2.32. The number of rotatable bonds is 4. The zero-order valence-corrected chi connectivity index (χ0v) is 13.8. The predicted molar refractivity (Wildman–Crippen MR) is 91.5 cm³/mol. The normalized spacial score (nSPS) is 22.4. The standard InChI is InChI=1S/C18H25N3O2/c1-14-5-2-3-11-20(14)13-17(22)19-15-7-9-16(10-8-15)21-12-4-6-18(21)23/h7-10,14H,2-6,11-13H2,1H3,(H,19,22)/t14-/m1/s1. The first-order valence-electron chi connectivity index (χ1n) is 8.58. The summed E-state index contributed by atoms with van der Waals surface area (Å²) in [4.78, 5) is 28.0. The van der Waals surface area contributed by atoms with Gasteiger partial charge in [0.15, 0.2) is 0 Å². The fourth-order valence-electron chi connectivity index (χ4n) is 3.42. The fourth-order valence-corrected chi connectivity index (χ4v) is 3.42. The lowest BCUT2D eigenvalue weighted by Crippen LogP contribution is -2.42. The third-order valence-electron chi connectivity index (χ3n) is 4.82. The molecule has 0 spiro atoms. The van der Waals surface area contributed by atoms with Crippen LogP contribution in [0, 0.1) is 0 Å². The van der Waals surface area contributed by atoms with Crippen LogP contribution in [0.4, 0.5) is 11.4 Å². The number of carbonyl (C=O) groups excluding carboxylic acids is 2. The van der Waals surface area contributed by atoms with Gasteiger partial charge >= 0.3 is 0 Å². The number of hydrogen-bond acceptors (Lipinski definition) is 3. The van der Waals surface area contributed by atoms with Crippen molar-refractivity contribution in [1.29, 1.82) is 0 Å². The van der Waals surface area contributed by atoms with Gasteiger partial charge in [-0.25, -0.2) is 0 Å². The number of carbonyl (C=O) groups is 2. The Morgan fingerprint density at radius 3 is 2.61 bits per heavy atom. The van der Waals surface area contributed by atoms with E-state index in [1.165, 1.54) is 19.3 Å². The molecule has 1 aromatic rings. The van der Waals surface area contributed by atoms with Gasteiger partial charge in [-0.15, -0.1) is 0 Å². The topological polar surface area (TPSA) is 52.7 Å². The van der Waals surface area contributed by atoms with Crippen LogP contribution in [0.2, 0.25) is 0 Å². The van der Waals surface area contributed by atoms with Crippen molar-refractivity contribution in [3.05, 3.63) is 24.3 Å². The second-order valence-electron chi connectivity index (χ2n) is 6.56. The quantitative estimate of drug-likeness (QED) is 0.929. The molecule has 0 unspecified atom stereocenters. The summed E-state index contributed by atoms with van der Waals surface area (Å²) >= 11 is 0. The van der Waals surface area contributed by atoms with E-state index in [1.54, 1.807) is 4.90 Å². The molecule has 5 nitrogen and oxygen atoms in total. The third-order valence-corrected chi connectivity index (χ3v) is 4.82. The van der Waals surface area contributed by atoms with Crippen molar-refractivity contribution in [2.45, 2.75) is 45.1 Å². The minimum atomic E-state index is 0.0312. The molecule has 124 valence electrons. The summed E-state index contributed by atoms with van der Waals surface area (Å²) in [5.74, 6) is 0.213. The summed E-state index contributed by atoms with van der Waals surface area (Å²) in [5, 5.41) is 2.95. The molecule has 0 aromatic heterocycles. The number of benzene rings is 1. The molecule has 0 aliphatic carbocycles. The smallest absolute Gasteiger partial charge is 0.238 e. The number of amides is 2. The third kappa shape index (κ3) is 3.91. The molecule has 0 saturated carbocycles. The minimum absolute atomic E-state index is 0.0312. The largest absolute Gasteiger partial charge is 0.325 e. The molecule has 5 heteroatoms. The van der Waals surface area contributed by atoms with Crippen LogP contribution in [-0.2, 0) is 9.59 Å². The Labute approximate surface area is 137 Å². The average Bonchev–Trinajstić information content (AvgIpc) is 2.96. The molecular formula is C18H25N3O2. The summed E-state index contributed by atoms with van der Waals surface area (Å²) in [6, 6.07) is 8.04. The van der Waals surface area contributed by atoms with Crippen molar-refractivity contribution in [2.24, 2.45) is 0 Å². The second-order valence-corrected chi connectivity index (χ2v) is 6.56. The van der Waals surface area contributed by atoms with E-state index >= 15 is 0 Å². The number of likely N-dealkylation sites (tertiary alicyclic amines) is 1. The highest BCUT2D eigenvalue weighted by atomic mass is 16.2. The van der Waals surface area contributed by atoms with E-state index in [4.69, 9.17) is 0 Å². The fraction of sp³-hybridized carbons (Fsp3) is 0.556. The molecule has 2 aliphatic rings. The average molecular weight is 315 g/mol. The molecule has 2 amide bonds. The van der Waals surface area contributed by atoms with Gasteiger partial charge in [-0.05, 0) is 57.0 Å². The lowest BCUT2D eigenvalue weighted by atomic mass is 10.0. The van der Waals surface area contributed by atoms with Gasteiger partial charge in [-0.1, -0.05) is 6.42 Å². The molecule has 3 rings (SSSR count). The minimum Gasteiger partial charge on any atom is -0.325 e. The molecule has 0 bridgehead atoms. The Bertz CT molecular complexity index is 570. The highest BCUT2D eigenvalue weighted by molar-refractivity contribution is 5.96. The molecule has 2 fully saturated rings. The molecule has 1 N–H and O–H groups in total. The Morgan fingerprint density at radius 2 is 1.96 bits per heavy atom. The van der Waals surface area contributed by atoms with Gasteiger partial charge < -0.3 is 10.2 Å². The van der Waals surface area contributed by atoms with E-state index in [9.17, 15) is 9.59 Å². The number of piperidine rings is 1. The van der Waals surface area contributed by atoms with Gasteiger partial charge in [0.25, 0.3) is 0 Å². The zero-order valence-electron chi connectivity index (χ0n) is 13.8. The van der Waals surface area contributed by atoms with E-state index in [0.29, 0.717) is 19.0 Å². The molecule has 2 aliphatic heterocycles. The van der Waals surface area contributed by atoms with Crippen LogP contribution in [0.5, 0.6) is 0 Å². The summed E-state index contributed by atoms with van der Waals surface area (Å²) in [6.45, 7) is 4.43. The van der Waals surface area contributed by atoms with Gasteiger partial charge in [0.2, 0.25) is 11.8 Å². The summed E-state index contributed by atoms with van der Waals surface area (Å²) in [7, 11) is 0. The molecule has 23 heavy (non-hydrogen) atoms. The van der Waals surface area contributed by atoms with Crippen molar-refractivity contribution in [2.75, 3.05) is 29.9 Å². The maximum atomic E-state index is 12.2. The van der Waals surface area contributed by atoms with Crippen LogP contribution in [0.1, 0.15) is 39.0 Å². The van der Waals surface area contributed by atoms with Crippen LogP contribution in [-0.4, -0.2) is 42.4 Å². The molecule has 1 aromatic carbocycles. The first-order chi connectivity index (χ1) is 11.1. The van der Waals surface area contributed by atoms with Gasteiger partial charge in [0, 0.05) is 30.4 Å². The number of hydrogen-bond donors (Lipinski definition) is 1.